The van der Waals surface area contributed by atoms with Crippen LogP contribution in [0.4, 0.5) is 0 Å². The highest BCUT2D eigenvalue weighted by Crippen LogP contribution is 2.17. The van der Waals surface area contributed by atoms with Gasteiger partial charge >= 0.3 is 0 Å². The average molecular weight is 262 g/mol. The van der Waals surface area contributed by atoms with Crippen LogP contribution in [-0.4, -0.2) is 29.3 Å². The Morgan fingerprint density at radius 3 is 2.84 bits per heavy atom. The largest absolute Gasteiger partial charge is 0.441 e. The molecule has 2 N–H and O–H groups in total. The molecule has 1 aromatic heterocycles. The standard InChI is InChI=1S/C15H22N2O2/c1-10(2)14(9-18)16-7-6-12-4-5-13-15(8-12)19-11(3)17-13/h4-5,8,10,14,16,18H,6-7,9H2,1-3H3. The molecule has 2 aromatic rings. The van der Waals surface area contributed by atoms with Crippen LogP contribution in [0.3, 0.4) is 0 Å². The van der Waals surface area contributed by atoms with Crippen molar-refractivity contribution in [1.82, 2.24) is 10.3 Å². The minimum Gasteiger partial charge on any atom is -0.441 e. The summed E-state index contributed by atoms with van der Waals surface area (Å²) in [6, 6.07) is 6.28. The number of hydrogen-bond donors (Lipinski definition) is 2. The number of hydrogen-bond acceptors (Lipinski definition) is 4. The molecule has 104 valence electrons. The van der Waals surface area contributed by atoms with E-state index in [0.29, 0.717) is 11.8 Å². The van der Waals surface area contributed by atoms with Crippen molar-refractivity contribution in [2.24, 2.45) is 5.92 Å². The van der Waals surface area contributed by atoms with Gasteiger partial charge in [-0.05, 0) is 36.6 Å². The molecule has 4 nitrogen and oxygen atoms in total. The first kappa shape index (κ1) is 14.0. The summed E-state index contributed by atoms with van der Waals surface area (Å²) in [7, 11) is 0. The lowest BCUT2D eigenvalue weighted by Gasteiger charge is -2.19. The molecule has 0 bridgehead atoms. The zero-order valence-corrected chi connectivity index (χ0v) is 11.8. The van der Waals surface area contributed by atoms with Gasteiger partial charge in [-0.25, -0.2) is 4.98 Å². The predicted octanol–water partition coefficient (Wildman–Crippen LogP) is 2.29. The lowest BCUT2D eigenvalue weighted by atomic mass is 10.0. The first-order valence-electron chi connectivity index (χ1n) is 6.80. The maximum Gasteiger partial charge on any atom is 0.192 e. The van der Waals surface area contributed by atoms with Crippen molar-refractivity contribution in [2.45, 2.75) is 33.2 Å². The fraction of sp³-hybridized carbons (Fsp3) is 0.533. The van der Waals surface area contributed by atoms with Gasteiger partial charge in [0.2, 0.25) is 0 Å². The van der Waals surface area contributed by atoms with Crippen molar-refractivity contribution in [3.05, 3.63) is 29.7 Å². The predicted molar refractivity (Wildman–Crippen MR) is 76.2 cm³/mol. The molecule has 0 amide bonds. The molecule has 0 radical (unpaired) electrons. The highest BCUT2D eigenvalue weighted by Gasteiger charge is 2.10. The number of nitrogens with one attached hydrogen (secondary N) is 1. The van der Waals surface area contributed by atoms with Gasteiger partial charge in [-0.3, -0.25) is 0 Å². The SMILES string of the molecule is Cc1nc2ccc(CCNC(CO)C(C)C)cc2o1. The number of fused-ring (bicyclic) bond motifs is 1. The highest BCUT2D eigenvalue weighted by molar-refractivity contribution is 5.73. The topological polar surface area (TPSA) is 58.3 Å². The van der Waals surface area contributed by atoms with Crippen molar-refractivity contribution < 1.29 is 9.52 Å². The van der Waals surface area contributed by atoms with E-state index in [0.717, 1.165) is 24.1 Å². The normalized spacial score (nSPS) is 13.3. The van der Waals surface area contributed by atoms with E-state index in [1.54, 1.807) is 0 Å². The van der Waals surface area contributed by atoms with E-state index in [-0.39, 0.29) is 12.6 Å². The van der Waals surface area contributed by atoms with E-state index in [2.05, 4.69) is 30.2 Å². The lowest BCUT2D eigenvalue weighted by molar-refractivity contribution is 0.212. The molecule has 2 rings (SSSR count). The molecule has 0 aliphatic rings. The van der Waals surface area contributed by atoms with Gasteiger partial charge in [-0.1, -0.05) is 19.9 Å². The molecule has 0 fully saturated rings. The quantitative estimate of drug-likeness (QED) is 0.838. The van der Waals surface area contributed by atoms with E-state index < -0.39 is 0 Å². The van der Waals surface area contributed by atoms with Crippen LogP contribution in [0.15, 0.2) is 22.6 Å². The number of aliphatic hydroxyl groups excluding tert-OH is 1. The molecule has 0 saturated carbocycles. The molecule has 4 heteroatoms. The maximum absolute atomic E-state index is 9.25. The summed E-state index contributed by atoms with van der Waals surface area (Å²) in [5, 5.41) is 12.6. The minimum atomic E-state index is 0.163. The van der Waals surface area contributed by atoms with Gasteiger partial charge in [0.25, 0.3) is 0 Å². The third kappa shape index (κ3) is 3.55. The van der Waals surface area contributed by atoms with Crippen LogP contribution < -0.4 is 5.32 Å². The Morgan fingerprint density at radius 1 is 1.37 bits per heavy atom. The maximum atomic E-state index is 9.25. The number of rotatable bonds is 6. The molecule has 1 heterocycles. The van der Waals surface area contributed by atoms with Gasteiger partial charge < -0.3 is 14.8 Å². The van der Waals surface area contributed by atoms with Crippen LogP contribution in [0.1, 0.15) is 25.3 Å². The van der Waals surface area contributed by atoms with E-state index in [1.807, 2.05) is 19.1 Å². The molecular formula is C15H22N2O2. The Bertz CT molecular complexity index is 534. The fourth-order valence-electron chi connectivity index (χ4n) is 2.15. The molecule has 0 aliphatic carbocycles. The molecule has 1 atom stereocenters. The van der Waals surface area contributed by atoms with E-state index in [1.165, 1.54) is 5.56 Å². The first-order valence-corrected chi connectivity index (χ1v) is 6.80. The number of aromatic nitrogens is 1. The molecule has 0 saturated heterocycles. The molecule has 19 heavy (non-hydrogen) atoms. The van der Waals surface area contributed by atoms with Crippen LogP contribution >= 0.6 is 0 Å². The first-order chi connectivity index (χ1) is 9.10. The van der Waals surface area contributed by atoms with Gasteiger partial charge in [0.05, 0.1) is 6.61 Å². The Labute approximate surface area is 113 Å². The summed E-state index contributed by atoms with van der Waals surface area (Å²) in [5.74, 6) is 1.13. The zero-order valence-electron chi connectivity index (χ0n) is 11.8. The Morgan fingerprint density at radius 2 is 2.16 bits per heavy atom. The molecule has 0 aliphatic heterocycles. The van der Waals surface area contributed by atoms with Crippen molar-refractivity contribution in [3.8, 4) is 0 Å². The Hall–Kier alpha value is -1.39. The molecule has 1 unspecified atom stereocenters. The number of nitrogens with zero attached hydrogens (tertiary/aromatic N) is 1. The van der Waals surface area contributed by atoms with Crippen LogP contribution in [0, 0.1) is 12.8 Å². The second-order valence-electron chi connectivity index (χ2n) is 5.27. The summed E-state index contributed by atoms with van der Waals surface area (Å²) >= 11 is 0. The zero-order chi connectivity index (χ0) is 13.8. The summed E-state index contributed by atoms with van der Waals surface area (Å²) in [4.78, 5) is 4.28. The van der Waals surface area contributed by atoms with Crippen LogP contribution in [-0.2, 0) is 6.42 Å². The van der Waals surface area contributed by atoms with Crippen molar-refractivity contribution in [2.75, 3.05) is 13.2 Å². The van der Waals surface area contributed by atoms with Gasteiger partial charge in [0.1, 0.15) is 5.52 Å². The molecule has 0 spiro atoms. The number of oxazole rings is 1. The van der Waals surface area contributed by atoms with E-state index in [9.17, 15) is 5.11 Å². The Balaban J connectivity index is 1.94. The Kier molecular flexibility index (Phi) is 4.56. The number of aliphatic hydroxyl groups is 1. The second kappa shape index (κ2) is 6.17. The van der Waals surface area contributed by atoms with Gasteiger partial charge in [-0.2, -0.15) is 0 Å². The van der Waals surface area contributed by atoms with E-state index in [4.69, 9.17) is 4.42 Å². The molecular weight excluding hydrogens is 240 g/mol. The average Bonchev–Trinajstić information content (AvgIpc) is 2.73. The van der Waals surface area contributed by atoms with Gasteiger partial charge in [-0.15, -0.1) is 0 Å². The number of benzene rings is 1. The van der Waals surface area contributed by atoms with Gasteiger partial charge in [0.15, 0.2) is 11.5 Å². The van der Waals surface area contributed by atoms with Crippen LogP contribution in [0.25, 0.3) is 11.1 Å². The van der Waals surface area contributed by atoms with Crippen LogP contribution in [0.2, 0.25) is 0 Å². The van der Waals surface area contributed by atoms with Crippen LogP contribution in [0.5, 0.6) is 0 Å². The van der Waals surface area contributed by atoms with Crippen molar-refractivity contribution >= 4 is 11.1 Å². The van der Waals surface area contributed by atoms with Gasteiger partial charge in [0, 0.05) is 13.0 Å². The van der Waals surface area contributed by atoms with Crippen molar-refractivity contribution in [3.63, 3.8) is 0 Å². The molecule has 1 aromatic carbocycles. The summed E-state index contributed by atoms with van der Waals surface area (Å²) < 4.78 is 5.52. The number of aryl methyl sites for hydroxylation is 1. The lowest BCUT2D eigenvalue weighted by Crippen LogP contribution is -2.38. The highest BCUT2D eigenvalue weighted by atomic mass is 16.3. The van der Waals surface area contributed by atoms with Crippen molar-refractivity contribution in [1.29, 1.82) is 0 Å². The minimum absolute atomic E-state index is 0.163. The van der Waals surface area contributed by atoms with E-state index >= 15 is 0 Å². The summed E-state index contributed by atoms with van der Waals surface area (Å²) in [5.41, 5.74) is 2.97. The second-order valence-corrected chi connectivity index (χ2v) is 5.27. The monoisotopic (exact) mass is 262 g/mol. The third-order valence-corrected chi connectivity index (χ3v) is 3.38. The summed E-state index contributed by atoms with van der Waals surface area (Å²) in [6.45, 7) is 7.10. The fourth-order valence-corrected chi connectivity index (χ4v) is 2.15. The smallest absolute Gasteiger partial charge is 0.192 e. The summed E-state index contributed by atoms with van der Waals surface area (Å²) in [6.07, 6.45) is 0.916. The third-order valence-electron chi connectivity index (χ3n) is 3.38.